The van der Waals surface area contributed by atoms with Gasteiger partial charge >= 0.3 is 23.9 Å². The standard InChI is InChI=1S/C14H25NO7S.C13H23NO5/c1-9(10(2)13(18)22-14(3,4)5)12(17)21-8-7-11(16)15-23(6,19)20;1-8(11(17)14-7-6-10(15)16)9(2)12(18)19-13(3,4)5/h9-10H,7-8H2,1-6H3,(H,15,16);8-9H,6-7H2,1-5H3,(H,14,17)(H,15,16). The molecule has 0 bridgehead atoms. The summed E-state index contributed by atoms with van der Waals surface area (Å²) in [6, 6.07) is 0. The zero-order valence-corrected chi connectivity index (χ0v) is 27.3. The average Bonchev–Trinajstić information content (AvgIpc) is 2.78. The number of carbonyl (C=O) groups excluding carboxylic acids is 5. The first-order valence-corrected chi connectivity index (χ1v) is 15.3. The lowest BCUT2D eigenvalue weighted by molar-refractivity contribution is -0.167. The van der Waals surface area contributed by atoms with E-state index in [-0.39, 0.29) is 31.9 Å². The van der Waals surface area contributed by atoms with Crippen LogP contribution in [0.15, 0.2) is 0 Å². The number of nitrogens with one attached hydrogen (secondary N) is 2. The Balaban J connectivity index is 0. The van der Waals surface area contributed by atoms with Crippen LogP contribution in [-0.2, 0) is 53.0 Å². The highest BCUT2D eigenvalue weighted by Crippen LogP contribution is 2.19. The fourth-order valence-electron chi connectivity index (χ4n) is 2.72. The number of aliphatic carboxylic acids is 1. The van der Waals surface area contributed by atoms with Gasteiger partial charge in [0.2, 0.25) is 21.8 Å². The maximum atomic E-state index is 11.9. The van der Waals surface area contributed by atoms with Crippen LogP contribution in [0, 0.1) is 23.7 Å². The topological polar surface area (TPSA) is 209 Å². The number of amides is 2. The van der Waals surface area contributed by atoms with E-state index in [9.17, 15) is 37.2 Å². The molecule has 0 aromatic heterocycles. The van der Waals surface area contributed by atoms with E-state index in [0.29, 0.717) is 0 Å². The predicted octanol–water partition coefficient (Wildman–Crippen LogP) is 1.80. The predicted molar refractivity (Wildman–Crippen MR) is 152 cm³/mol. The minimum absolute atomic E-state index is 0.0551. The van der Waals surface area contributed by atoms with Gasteiger partial charge in [0, 0.05) is 12.5 Å². The third-order valence-corrected chi connectivity index (χ3v) is 5.95. The van der Waals surface area contributed by atoms with E-state index in [4.69, 9.17) is 19.3 Å². The minimum atomic E-state index is -3.63. The Morgan fingerprint density at radius 2 is 1.12 bits per heavy atom. The Morgan fingerprint density at radius 1 is 0.714 bits per heavy atom. The molecule has 0 aliphatic heterocycles. The van der Waals surface area contributed by atoms with E-state index >= 15 is 0 Å². The molecule has 4 unspecified atom stereocenters. The van der Waals surface area contributed by atoms with Crippen LogP contribution in [0.5, 0.6) is 0 Å². The first kappa shape index (κ1) is 40.9. The van der Waals surface area contributed by atoms with Crippen LogP contribution in [0.3, 0.4) is 0 Å². The van der Waals surface area contributed by atoms with E-state index in [2.05, 4.69) is 5.32 Å². The first-order valence-electron chi connectivity index (χ1n) is 13.4. The number of ether oxygens (including phenoxy) is 3. The van der Waals surface area contributed by atoms with E-state index < -0.39 is 74.7 Å². The third-order valence-electron chi connectivity index (χ3n) is 5.35. The lowest BCUT2D eigenvalue weighted by atomic mass is 9.95. The van der Waals surface area contributed by atoms with E-state index in [1.165, 1.54) is 6.92 Å². The minimum Gasteiger partial charge on any atom is -0.481 e. The van der Waals surface area contributed by atoms with Gasteiger partial charge in [0.1, 0.15) is 17.8 Å². The van der Waals surface area contributed by atoms with Gasteiger partial charge in [-0.3, -0.25) is 33.5 Å². The van der Waals surface area contributed by atoms with Crippen molar-refractivity contribution in [3.63, 3.8) is 0 Å². The molecular weight excluding hydrogens is 576 g/mol. The number of hydrogen-bond donors (Lipinski definition) is 3. The molecule has 0 aliphatic carbocycles. The highest BCUT2D eigenvalue weighted by Gasteiger charge is 2.31. The lowest BCUT2D eigenvalue weighted by Gasteiger charge is -2.24. The molecule has 0 saturated heterocycles. The van der Waals surface area contributed by atoms with Gasteiger partial charge in [-0.15, -0.1) is 0 Å². The summed E-state index contributed by atoms with van der Waals surface area (Å²) in [5.74, 6) is -6.30. The molecule has 0 aromatic carbocycles. The number of carboxylic acids is 1. The van der Waals surface area contributed by atoms with Crippen LogP contribution in [-0.4, -0.2) is 79.8 Å². The highest BCUT2D eigenvalue weighted by molar-refractivity contribution is 7.89. The molecule has 244 valence electrons. The van der Waals surface area contributed by atoms with Crippen LogP contribution in [0.25, 0.3) is 0 Å². The van der Waals surface area contributed by atoms with Gasteiger partial charge in [0.25, 0.3) is 0 Å². The van der Waals surface area contributed by atoms with Crippen molar-refractivity contribution < 1.29 is 56.5 Å². The molecule has 42 heavy (non-hydrogen) atoms. The average molecular weight is 625 g/mol. The van der Waals surface area contributed by atoms with E-state index in [0.717, 1.165) is 6.26 Å². The van der Waals surface area contributed by atoms with Gasteiger partial charge in [-0.1, -0.05) is 27.7 Å². The molecular formula is C27H48N2O12S. The second-order valence-electron chi connectivity index (χ2n) is 11.9. The molecule has 4 atom stereocenters. The van der Waals surface area contributed by atoms with Gasteiger partial charge in [0.05, 0.1) is 36.9 Å². The molecule has 14 nitrogen and oxygen atoms in total. The summed E-state index contributed by atoms with van der Waals surface area (Å²) in [4.78, 5) is 68.8. The molecule has 0 fully saturated rings. The first-order chi connectivity index (χ1) is 18.8. The number of hydrogen-bond acceptors (Lipinski definition) is 11. The molecule has 0 saturated carbocycles. The summed E-state index contributed by atoms with van der Waals surface area (Å²) in [7, 11) is -3.63. The van der Waals surface area contributed by atoms with Crippen molar-refractivity contribution in [2.45, 2.75) is 93.3 Å². The summed E-state index contributed by atoms with van der Waals surface area (Å²) in [5, 5.41) is 10.9. The largest absolute Gasteiger partial charge is 0.481 e. The van der Waals surface area contributed by atoms with Crippen molar-refractivity contribution in [3.05, 3.63) is 0 Å². The zero-order chi connectivity index (χ0) is 33.6. The van der Waals surface area contributed by atoms with Crippen molar-refractivity contribution >= 4 is 45.7 Å². The summed E-state index contributed by atoms with van der Waals surface area (Å²) in [6.45, 7) is 16.5. The normalized spacial score (nSPS) is 14.5. The third kappa shape index (κ3) is 20.6. The van der Waals surface area contributed by atoms with E-state index in [1.54, 1.807) is 67.0 Å². The molecule has 3 N–H and O–H groups in total. The lowest BCUT2D eigenvalue weighted by Crippen LogP contribution is -2.38. The Labute approximate surface area is 248 Å². The summed E-state index contributed by atoms with van der Waals surface area (Å²) < 4.78 is 38.7. The SMILES string of the molecule is CC(C(=O)NCCC(=O)O)C(C)C(=O)OC(C)(C)C.CC(C(=O)OCCC(=O)NS(C)(=O)=O)C(C)C(=O)OC(C)(C)C. The molecule has 0 rings (SSSR count). The van der Waals surface area contributed by atoms with Crippen molar-refractivity contribution in [3.8, 4) is 0 Å². The smallest absolute Gasteiger partial charge is 0.310 e. The Kier molecular flexibility index (Phi) is 17.2. The maximum Gasteiger partial charge on any atom is 0.310 e. The molecule has 2 amide bonds. The Hall–Kier alpha value is -3.23. The van der Waals surface area contributed by atoms with Crippen LogP contribution >= 0.6 is 0 Å². The van der Waals surface area contributed by atoms with Gasteiger partial charge in [-0.05, 0) is 41.5 Å². The highest BCUT2D eigenvalue weighted by atomic mass is 32.2. The van der Waals surface area contributed by atoms with Crippen LogP contribution in [0.4, 0.5) is 0 Å². The molecule has 15 heteroatoms. The second kappa shape index (κ2) is 17.7. The van der Waals surface area contributed by atoms with Gasteiger partial charge < -0.3 is 24.6 Å². The molecule has 0 aliphatic rings. The number of esters is 3. The number of carbonyl (C=O) groups is 6. The fraction of sp³-hybridized carbons (Fsp3) is 0.778. The quantitative estimate of drug-likeness (QED) is 0.198. The summed E-state index contributed by atoms with van der Waals surface area (Å²) >= 11 is 0. The zero-order valence-electron chi connectivity index (χ0n) is 26.5. The second-order valence-corrected chi connectivity index (χ2v) is 13.6. The van der Waals surface area contributed by atoms with Gasteiger partial charge in [0.15, 0.2) is 0 Å². The van der Waals surface area contributed by atoms with Crippen molar-refractivity contribution in [2.75, 3.05) is 19.4 Å². The van der Waals surface area contributed by atoms with E-state index in [1.807, 2.05) is 0 Å². The van der Waals surface area contributed by atoms with Crippen LogP contribution in [0.1, 0.15) is 82.1 Å². The number of sulfonamides is 1. The molecule has 0 aromatic rings. The molecule has 0 spiro atoms. The number of rotatable bonds is 13. The maximum absolute atomic E-state index is 11.9. The van der Waals surface area contributed by atoms with Crippen LogP contribution in [0.2, 0.25) is 0 Å². The Bertz CT molecular complexity index is 1060. The van der Waals surface area contributed by atoms with Crippen molar-refractivity contribution in [1.29, 1.82) is 0 Å². The van der Waals surface area contributed by atoms with Gasteiger partial charge in [-0.25, -0.2) is 8.42 Å². The van der Waals surface area contributed by atoms with Crippen LogP contribution < -0.4 is 10.0 Å². The molecule has 0 heterocycles. The fourth-order valence-corrected chi connectivity index (χ4v) is 3.23. The summed E-state index contributed by atoms with van der Waals surface area (Å²) in [5.41, 5.74) is -1.25. The summed E-state index contributed by atoms with van der Waals surface area (Å²) in [6.07, 6.45) is 0.424. The monoisotopic (exact) mass is 624 g/mol. The van der Waals surface area contributed by atoms with Crippen molar-refractivity contribution in [1.82, 2.24) is 10.0 Å². The molecule has 0 radical (unpaired) electrons. The van der Waals surface area contributed by atoms with Crippen molar-refractivity contribution in [2.24, 2.45) is 23.7 Å². The van der Waals surface area contributed by atoms with Gasteiger partial charge in [-0.2, -0.15) is 0 Å². The number of carboxylic acid groups (broad SMARTS) is 1. The Morgan fingerprint density at radius 3 is 1.50 bits per heavy atom.